The van der Waals surface area contributed by atoms with Gasteiger partial charge in [-0.2, -0.15) is 0 Å². The van der Waals surface area contributed by atoms with E-state index in [-0.39, 0.29) is 16.7 Å². The Bertz CT molecular complexity index is 545. The number of halogens is 1. The van der Waals surface area contributed by atoms with Gasteiger partial charge < -0.3 is 0 Å². The van der Waals surface area contributed by atoms with Crippen LogP contribution in [0, 0.1) is 10.1 Å². The quantitative estimate of drug-likeness (QED) is 0.456. The van der Waals surface area contributed by atoms with E-state index in [9.17, 15) is 10.1 Å². The monoisotopic (exact) mass is 235 g/mol. The average Bonchev–Trinajstić information content (AvgIpc) is 2.29. The number of benzene rings is 1. The third kappa shape index (κ3) is 1.99. The van der Waals surface area contributed by atoms with Crippen molar-refractivity contribution in [1.29, 1.82) is 0 Å². The second-order valence-corrected chi connectivity index (χ2v) is 3.36. The number of nitro groups is 1. The summed E-state index contributed by atoms with van der Waals surface area (Å²) in [5.41, 5.74) is 0.319. The molecule has 16 heavy (non-hydrogen) atoms. The minimum Gasteiger partial charge on any atom is -0.258 e. The van der Waals surface area contributed by atoms with Gasteiger partial charge in [-0.25, -0.2) is 9.97 Å². The predicted molar refractivity (Wildman–Crippen MR) is 59.1 cm³/mol. The zero-order chi connectivity index (χ0) is 11.5. The summed E-state index contributed by atoms with van der Waals surface area (Å²) in [6.45, 7) is 0. The van der Waals surface area contributed by atoms with Crippen LogP contribution in [0.2, 0.25) is 5.15 Å². The fourth-order valence-corrected chi connectivity index (χ4v) is 1.42. The molecule has 80 valence electrons. The van der Waals surface area contributed by atoms with Crippen molar-refractivity contribution in [2.45, 2.75) is 0 Å². The lowest BCUT2D eigenvalue weighted by Gasteiger charge is -2.00. The molecule has 0 aliphatic rings. The molecule has 0 amide bonds. The molecule has 5 nitrogen and oxygen atoms in total. The van der Waals surface area contributed by atoms with Gasteiger partial charge in [-0.1, -0.05) is 23.7 Å². The summed E-state index contributed by atoms with van der Waals surface area (Å²) in [6.07, 6.45) is 1.46. The van der Waals surface area contributed by atoms with E-state index in [1.54, 1.807) is 18.2 Å². The third-order valence-electron chi connectivity index (χ3n) is 1.96. The lowest BCUT2D eigenvalue weighted by Crippen LogP contribution is -1.95. The van der Waals surface area contributed by atoms with E-state index in [2.05, 4.69) is 9.97 Å². The molecule has 0 spiro atoms. The van der Waals surface area contributed by atoms with Crippen LogP contribution in [0.3, 0.4) is 0 Å². The molecule has 2 rings (SSSR count). The molecule has 2 aromatic rings. The first-order valence-corrected chi connectivity index (χ1v) is 4.78. The summed E-state index contributed by atoms with van der Waals surface area (Å²) >= 11 is 5.71. The van der Waals surface area contributed by atoms with Gasteiger partial charge >= 0.3 is 0 Å². The first-order valence-electron chi connectivity index (χ1n) is 4.41. The molecule has 0 atom stereocenters. The van der Waals surface area contributed by atoms with E-state index >= 15 is 0 Å². The molecule has 1 heterocycles. The molecule has 0 bridgehead atoms. The Morgan fingerprint density at radius 1 is 1.25 bits per heavy atom. The van der Waals surface area contributed by atoms with E-state index in [1.807, 2.05) is 0 Å². The van der Waals surface area contributed by atoms with Gasteiger partial charge in [0, 0.05) is 12.3 Å². The van der Waals surface area contributed by atoms with Crippen molar-refractivity contribution in [3.63, 3.8) is 0 Å². The molecular weight excluding hydrogens is 230 g/mol. The number of aromatic nitrogens is 2. The van der Waals surface area contributed by atoms with Crippen LogP contribution in [-0.2, 0) is 0 Å². The van der Waals surface area contributed by atoms with E-state index in [4.69, 9.17) is 11.6 Å². The van der Waals surface area contributed by atoms with Gasteiger partial charge in [0.25, 0.3) is 5.69 Å². The van der Waals surface area contributed by atoms with Gasteiger partial charge in [0.2, 0.25) is 0 Å². The number of hydrogen-bond donors (Lipinski definition) is 0. The Morgan fingerprint density at radius 2 is 2.00 bits per heavy atom. The zero-order valence-corrected chi connectivity index (χ0v) is 8.76. The van der Waals surface area contributed by atoms with Crippen LogP contribution in [0.25, 0.3) is 11.4 Å². The number of hydrogen-bond acceptors (Lipinski definition) is 4. The fraction of sp³-hybridized carbons (Fsp3) is 0. The van der Waals surface area contributed by atoms with Gasteiger partial charge in [0.1, 0.15) is 5.15 Å². The molecule has 0 unspecified atom stereocenters. The average molecular weight is 236 g/mol. The van der Waals surface area contributed by atoms with Gasteiger partial charge in [-0.3, -0.25) is 10.1 Å². The maximum atomic E-state index is 10.8. The molecule has 0 aliphatic carbocycles. The summed E-state index contributed by atoms with van der Waals surface area (Å²) in [5, 5.41) is 11.0. The van der Waals surface area contributed by atoms with Crippen molar-refractivity contribution in [3.05, 3.63) is 51.8 Å². The lowest BCUT2D eigenvalue weighted by molar-refractivity contribution is -0.384. The minimum atomic E-state index is -0.473. The predicted octanol–water partition coefficient (Wildman–Crippen LogP) is 2.71. The number of rotatable bonds is 2. The Labute approximate surface area is 95.9 Å². The lowest BCUT2D eigenvalue weighted by atomic mass is 10.1. The smallest absolute Gasteiger partial charge is 0.258 e. The van der Waals surface area contributed by atoms with E-state index in [0.717, 1.165) is 0 Å². The minimum absolute atomic E-state index is 0.0373. The maximum absolute atomic E-state index is 10.8. The molecule has 1 aromatic carbocycles. The largest absolute Gasteiger partial charge is 0.280 e. The summed E-state index contributed by atoms with van der Waals surface area (Å²) in [5.74, 6) is 0.250. The highest BCUT2D eigenvalue weighted by Crippen LogP contribution is 2.26. The van der Waals surface area contributed by atoms with Crippen molar-refractivity contribution in [1.82, 2.24) is 9.97 Å². The second kappa shape index (κ2) is 4.24. The van der Waals surface area contributed by atoms with Crippen LogP contribution >= 0.6 is 11.6 Å². The molecule has 0 N–H and O–H groups in total. The molecule has 0 saturated carbocycles. The van der Waals surface area contributed by atoms with Gasteiger partial charge in [0.15, 0.2) is 5.82 Å². The van der Waals surface area contributed by atoms with E-state index < -0.39 is 4.92 Å². The summed E-state index contributed by atoms with van der Waals surface area (Å²) < 4.78 is 0. The van der Waals surface area contributed by atoms with E-state index in [1.165, 1.54) is 18.3 Å². The van der Waals surface area contributed by atoms with Crippen LogP contribution in [0.1, 0.15) is 0 Å². The topological polar surface area (TPSA) is 68.9 Å². The van der Waals surface area contributed by atoms with Crippen molar-refractivity contribution in [2.24, 2.45) is 0 Å². The molecule has 0 aliphatic heterocycles. The third-order valence-corrected chi connectivity index (χ3v) is 2.17. The molecule has 0 saturated heterocycles. The molecule has 1 aromatic heterocycles. The first-order chi connectivity index (χ1) is 7.68. The molecule has 0 radical (unpaired) electrons. The standard InChI is InChI=1S/C10H6ClN3O2/c11-9-5-6-12-10(13-9)7-3-1-2-4-8(7)14(15)16/h1-6H. The number of nitrogens with zero attached hydrogens (tertiary/aromatic N) is 3. The van der Waals surface area contributed by atoms with Crippen molar-refractivity contribution < 1.29 is 4.92 Å². The Kier molecular flexibility index (Phi) is 2.78. The fourth-order valence-electron chi connectivity index (χ4n) is 1.29. The highest BCUT2D eigenvalue weighted by Gasteiger charge is 2.16. The van der Waals surface area contributed by atoms with E-state index in [0.29, 0.717) is 5.56 Å². The van der Waals surface area contributed by atoms with Crippen molar-refractivity contribution in [3.8, 4) is 11.4 Å². The summed E-state index contributed by atoms with van der Waals surface area (Å²) in [7, 11) is 0. The second-order valence-electron chi connectivity index (χ2n) is 2.98. The van der Waals surface area contributed by atoms with Crippen molar-refractivity contribution in [2.75, 3.05) is 0 Å². The highest BCUT2D eigenvalue weighted by molar-refractivity contribution is 6.29. The zero-order valence-electron chi connectivity index (χ0n) is 8.00. The molecule has 6 heteroatoms. The Balaban J connectivity index is 2.60. The maximum Gasteiger partial charge on any atom is 0.280 e. The van der Waals surface area contributed by atoms with Gasteiger partial charge in [-0.15, -0.1) is 0 Å². The van der Waals surface area contributed by atoms with Crippen LogP contribution in [0.5, 0.6) is 0 Å². The SMILES string of the molecule is O=[N+]([O-])c1ccccc1-c1nccc(Cl)n1. The summed E-state index contributed by atoms with van der Waals surface area (Å²) in [6, 6.07) is 7.78. The first kappa shape index (κ1) is 10.5. The van der Waals surface area contributed by atoms with Gasteiger partial charge in [-0.05, 0) is 12.1 Å². The highest BCUT2D eigenvalue weighted by atomic mass is 35.5. The van der Waals surface area contributed by atoms with Gasteiger partial charge in [0.05, 0.1) is 10.5 Å². The molecular formula is C10H6ClN3O2. The van der Waals surface area contributed by atoms with Crippen LogP contribution in [0.15, 0.2) is 36.5 Å². The number of para-hydroxylation sites is 1. The summed E-state index contributed by atoms with van der Waals surface area (Å²) in [4.78, 5) is 18.2. The van der Waals surface area contributed by atoms with Crippen molar-refractivity contribution >= 4 is 17.3 Å². The molecule has 0 fully saturated rings. The Morgan fingerprint density at radius 3 is 2.69 bits per heavy atom. The van der Waals surface area contributed by atoms with Crippen LogP contribution in [0.4, 0.5) is 5.69 Å². The number of nitro benzene ring substituents is 1. The van der Waals surface area contributed by atoms with Crippen LogP contribution < -0.4 is 0 Å². The van der Waals surface area contributed by atoms with Crippen LogP contribution in [-0.4, -0.2) is 14.9 Å². The normalized spacial score (nSPS) is 10.1. The Hall–Kier alpha value is -2.01.